The number of hydrogen-bond acceptors (Lipinski definition) is 6. The van der Waals surface area contributed by atoms with Crippen molar-refractivity contribution < 1.29 is 9.47 Å². The Morgan fingerprint density at radius 3 is 1.47 bits per heavy atom. The molecule has 0 aromatic carbocycles. The van der Waals surface area contributed by atoms with Gasteiger partial charge in [-0.25, -0.2) is 0 Å². The van der Waals surface area contributed by atoms with Crippen molar-refractivity contribution in [2.45, 2.75) is 163 Å². The summed E-state index contributed by atoms with van der Waals surface area (Å²) in [5.74, 6) is 1.77. The van der Waals surface area contributed by atoms with E-state index in [4.69, 9.17) is 9.47 Å². The third-order valence-electron chi connectivity index (χ3n) is 11.0. The van der Waals surface area contributed by atoms with Gasteiger partial charge in [0.05, 0.1) is 12.2 Å². The highest BCUT2D eigenvalue weighted by molar-refractivity contribution is 5.07. The largest absolute Gasteiger partial charge is 0.378 e. The number of likely N-dealkylation sites (N-methyl/N-ethyl adjacent to an activating group) is 1. The van der Waals surface area contributed by atoms with Crippen LogP contribution in [0, 0.1) is 11.8 Å². The van der Waals surface area contributed by atoms with Gasteiger partial charge in [-0.05, 0) is 162 Å². The minimum Gasteiger partial charge on any atom is -0.378 e. The summed E-state index contributed by atoms with van der Waals surface area (Å²) in [6.07, 6.45) is 26.5. The standard InChI is InChI=1S/C9H16.C8H18N2.2C7H15N.2C6H12O/c1-8(2)9-6-4-3-5-7-9;1-3-4-10-7-5-9(2)6-8-10;1-7-3-5-8(2)6-4-7;1-8-6-4-2-3-5-7-8;2*1-2-6-4-3-5-7-6/h6,8H,3-5,7H2,1-2H3;3-8H2,1-2H3;7H,3-6H2,1-2H3;2-7H2,1H3;2*6H,2-5H2,1H3. The Kier molecular flexibility index (Phi) is 29.5. The molecule has 49 heavy (non-hydrogen) atoms. The summed E-state index contributed by atoms with van der Waals surface area (Å²) in [5.41, 5.74) is 1.68. The summed E-state index contributed by atoms with van der Waals surface area (Å²) < 4.78 is 10.6. The Morgan fingerprint density at radius 1 is 0.612 bits per heavy atom. The summed E-state index contributed by atoms with van der Waals surface area (Å²) in [5, 5.41) is 0. The fourth-order valence-electron chi connectivity index (χ4n) is 7.07. The number of rotatable bonds is 5. The lowest BCUT2D eigenvalue weighted by Gasteiger charge is -2.31. The second-order valence-electron chi connectivity index (χ2n) is 16.1. The number of nitrogens with zero attached hydrogens (tertiary/aromatic N) is 4. The molecule has 5 saturated heterocycles. The quantitative estimate of drug-likeness (QED) is 0.267. The fraction of sp³-hybridized carbons (Fsp3) is 0.953. The van der Waals surface area contributed by atoms with E-state index in [-0.39, 0.29) is 0 Å². The molecule has 2 atom stereocenters. The lowest BCUT2D eigenvalue weighted by Crippen LogP contribution is -2.44. The van der Waals surface area contributed by atoms with Gasteiger partial charge in [0.2, 0.25) is 0 Å². The smallest absolute Gasteiger partial charge is 0.0573 e. The van der Waals surface area contributed by atoms with Crippen LogP contribution in [0.4, 0.5) is 0 Å². The van der Waals surface area contributed by atoms with Crippen molar-refractivity contribution in [2.24, 2.45) is 11.8 Å². The average molecular weight is 693 g/mol. The van der Waals surface area contributed by atoms with Crippen molar-refractivity contribution in [2.75, 3.05) is 93.3 Å². The van der Waals surface area contributed by atoms with Crippen molar-refractivity contribution in [3.05, 3.63) is 11.6 Å². The molecule has 0 saturated carbocycles. The van der Waals surface area contributed by atoms with Gasteiger partial charge in [-0.1, -0.05) is 66.0 Å². The zero-order valence-corrected chi connectivity index (χ0v) is 34.8. The second kappa shape index (κ2) is 31.1. The van der Waals surface area contributed by atoms with Crippen LogP contribution in [-0.2, 0) is 9.47 Å². The van der Waals surface area contributed by atoms with Gasteiger partial charge in [0.15, 0.2) is 0 Å². The molecule has 2 unspecified atom stereocenters. The lowest BCUT2D eigenvalue weighted by molar-refractivity contribution is 0.108. The van der Waals surface area contributed by atoms with E-state index in [1.807, 2.05) is 0 Å². The van der Waals surface area contributed by atoms with Crippen LogP contribution in [0.25, 0.3) is 0 Å². The van der Waals surface area contributed by atoms with E-state index >= 15 is 0 Å². The number of piperidine rings is 1. The first-order valence-corrected chi connectivity index (χ1v) is 21.4. The van der Waals surface area contributed by atoms with Gasteiger partial charge >= 0.3 is 0 Å². The van der Waals surface area contributed by atoms with Crippen molar-refractivity contribution in [3.8, 4) is 0 Å². The third-order valence-corrected chi connectivity index (χ3v) is 11.0. The van der Waals surface area contributed by atoms with Crippen molar-refractivity contribution >= 4 is 0 Å². The molecule has 5 fully saturated rings. The van der Waals surface area contributed by atoms with Crippen molar-refractivity contribution in [1.82, 2.24) is 19.6 Å². The highest BCUT2D eigenvalue weighted by Crippen LogP contribution is 2.23. The van der Waals surface area contributed by atoms with Gasteiger partial charge < -0.3 is 29.1 Å². The van der Waals surface area contributed by atoms with E-state index in [0.717, 1.165) is 25.0 Å². The van der Waals surface area contributed by atoms with Gasteiger partial charge in [0.25, 0.3) is 0 Å². The minimum absolute atomic E-state index is 0.597. The molecule has 0 amide bonds. The van der Waals surface area contributed by atoms with E-state index in [0.29, 0.717) is 12.2 Å². The molecule has 0 bridgehead atoms. The van der Waals surface area contributed by atoms with Crippen LogP contribution in [0.15, 0.2) is 11.6 Å². The van der Waals surface area contributed by atoms with Crippen LogP contribution in [0.1, 0.15) is 151 Å². The Labute approximate surface area is 308 Å². The summed E-state index contributed by atoms with van der Waals surface area (Å²) in [6, 6.07) is 0. The van der Waals surface area contributed by atoms with Crippen LogP contribution in [0.2, 0.25) is 0 Å². The molecule has 0 N–H and O–H groups in total. The molecule has 0 aromatic heterocycles. The molecular formula is C43H88N4O2. The third kappa shape index (κ3) is 26.0. The van der Waals surface area contributed by atoms with Crippen LogP contribution in [-0.4, -0.2) is 125 Å². The lowest BCUT2D eigenvalue weighted by atomic mass is 9.92. The topological polar surface area (TPSA) is 31.4 Å². The normalized spacial score (nSPS) is 25.8. The number of piperazine rings is 1. The van der Waals surface area contributed by atoms with E-state index < -0.39 is 0 Å². The Morgan fingerprint density at radius 2 is 1.12 bits per heavy atom. The highest BCUT2D eigenvalue weighted by Gasteiger charge is 2.13. The van der Waals surface area contributed by atoms with Gasteiger partial charge in [-0.3, -0.25) is 0 Å². The molecular weight excluding hydrogens is 604 g/mol. The predicted octanol–water partition coefficient (Wildman–Crippen LogP) is 9.78. The van der Waals surface area contributed by atoms with E-state index in [9.17, 15) is 0 Å². The van der Waals surface area contributed by atoms with Crippen molar-refractivity contribution in [3.63, 3.8) is 0 Å². The predicted molar refractivity (Wildman–Crippen MR) is 216 cm³/mol. The maximum atomic E-state index is 5.30. The second-order valence-corrected chi connectivity index (χ2v) is 16.1. The summed E-state index contributed by atoms with van der Waals surface area (Å²) in [4.78, 5) is 9.76. The molecule has 6 heteroatoms. The minimum atomic E-state index is 0.597. The van der Waals surface area contributed by atoms with Crippen LogP contribution in [0.5, 0.6) is 0 Å². The number of hydrogen-bond donors (Lipinski definition) is 0. The first-order chi connectivity index (χ1) is 23.7. The van der Waals surface area contributed by atoms with Gasteiger partial charge in [0.1, 0.15) is 0 Å². The van der Waals surface area contributed by atoms with Crippen LogP contribution in [0.3, 0.4) is 0 Å². The fourth-order valence-corrected chi connectivity index (χ4v) is 7.07. The van der Waals surface area contributed by atoms with Gasteiger partial charge in [-0.2, -0.15) is 0 Å². The van der Waals surface area contributed by atoms with E-state index in [1.54, 1.807) is 5.57 Å². The van der Waals surface area contributed by atoms with Gasteiger partial charge in [0, 0.05) is 39.4 Å². The molecule has 1 aliphatic carbocycles. The Hall–Kier alpha value is -0.500. The van der Waals surface area contributed by atoms with E-state index in [1.165, 1.54) is 168 Å². The number of allylic oxidation sites excluding steroid dienone is 2. The summed E-state index contributed by atoms with van der Waals surface area (Å²) in [6.45, 7) is 27.1. The maximum Gasteiger partial charge on any atom is 0.0573 e. The molecule has 0 radical (unpaired) electrons. The van der Waals surface area contributed by atoms with Crippen LogP contribution < -0.4 is 0 Å². The van der Waals surface area contributed by atoms with Crippen molar-refractivity contribution in [1.29, 1.82) is 0 Å². The Bertz CT molecular complexity index is 700. The SMILES string of the molecule is CC(C)C1=CCCCC1.CC1CCN(C)CC1.CCC1CCCO1.CCC1CCCO1.CCCN1CCN(C)CC1.CN1CCCCCC1. The summed E-state index contributed by atoms with van der Waals surface area (Å²) >= 11 is 0. The molecule has 6 rings (SSSR count). The first kappa shape index (κ1) is 46.5. The highest BCUT2D eigenvalue weighted by atomic mass is 16.5. The molecule has 0 aromatic rings. The average Bonchev–Trinajstić information content (AvgIpc) is 3.81. The molecule has 292 valence electrons. The van der Waals surface area contributed by atoms with E-state index in [2.05, 4.69) is 88.4 Å². The number of ether oxygens (including phenoxy) is 2. The molecule has 6 nitrogen and oxygen atoms in total. The zero-order valence-electron chi connectivity index (χ0n) is 34.8. The number of likely N-dealkylation sites (tertiary alicyclic amines) is 2. The molecule has 5 heterocycles. The molecule has 5 aliphatic heterocycles. The van der Waals surface area contributed by atoms with Gasteiger partial charge in [-0.15, -0.1) is 0 Å². The monoisotopic (exact) mass is 693 g/mol. The Balaban J connectivity index is 0.000000295. The summed E-state index contributed by atoms with van der Waals surface area (Å²) in [7, 11) is 6.61. The first-order valence-electron chi connectivity index (χ1n) is 21.4. The molecule has 6 aliphatic rings. The molecule has 0 spiro atoms. The maximum absolute atomic E-state index is 5.30. The zero-order chi connectivity index (χ0) is 36.1. The van der Waals surface area contributed by atoms with Crippen LogP contribution >= 0.6 is 0 Å².